The molecule has 116 valence electrons. The molecule has 5 nitrogen and oxygen atoms in total. The predicted molar refractivity (Wildman–Crippen MR) is 71.6 cm³/mol. The fraction of sp³-hybridized carbons (Fsp3) is 0.143. The van der Waals surface area contributed by atoms with E-state index in [0.717, 1.165) is 12.1 Å². The fourth-order valence-electron chi connectivity index (χ4n) is 1.89. The minimum absolute atomic E-state index is 0.222. The van der Waals surface area contributed by atoms with Crippen molar-refractivity contribution in [2.45, 2.75) is 4.90 Å². The standard InChI is InChI=1S/C14H10F2O5S/c15-9-1-3-12(11(16)7-9)21-22(17,18)10-2-4-13-14(8-10)20-6-5-19-13/h1-4,7-8H,5-6H2. The average molecular weight is 328 g/mol. The summed E-state index contributed by atoms with van der Waals surface area (Å²) >= 11 is 0. The molecule has 0 aromatic heterocycles. The van der Waals surface area contributed by atoms with Gasteiger partial charge in [-0.05, 0) is 24.3 Å². The summed E-state index contributed by atoms with van der Waals surface area (Å²) in [5.74, 6) is -1.85. The molecule has 3 rings (SSSR count). The molecule has 0 bridgehead atoms. The molecule has 1 aliphatic rings. The van der Waals surface area contributed by atoms with E-state index in [1.165, 1.54) is 18.2 Å². The Kier molecular flexibility index (Phi) is 3.61. The van der Waals surface area contributed by atoms with E-state index in [-0.39, 0.29) is 10.6 Å². The van der Waals surface area contributed by atoms with Crippen LogP contribution in [-0.4, -0.2) is 21.6 Å². The number of hydrogen-bond donors (Lipinski definition) is 0. The van der Waals surface area contributed by atoms with Crippen LogP contribution in [0.25, 0.3) is 0 Å². The molecule has 0 spiro atoms. The van der Waals surface area contributed by atoms with E-state index in [9.17, 15) is 17.2 Å². The molecule has 0 radical (unpaired) electrons. The highest BCUT2D eigenvalue weighted by atomic mass is 32.2. The molecular formula is C14H10F2O5S. The van der Waals surface area contributed by atoms with Crippen molar-refractivity contribution in [3.8, 4) is 17.2 Å². The summed E-state index contributed by atoms with van der Waals surface area (Å²) in [7, 11) is -4.28. The van der Waals surface area contributed by atoms with Gasteiger partial charge >= 0.3 is 10.1 Å². The molecule has 1 aliphatic heterocycles. The molecule has 2 aromatic carbocycles. The van der Waals surface area contributed by atoms with Gasteiger partial charge in [0.25, 0.3) is 0 Å². The van der Waals surface area contributed by atoms with Gasteiger partial charge in [-0.25, -0.2) is 8.78 Å². The predicted octanol–water partition coefficient (Wildman–Crippen LogP) is 2.50. The van der Waals surface area contributed by atoms with E-state index in [2.05, 4.69) is 0 Å². The molecule has 0 atom stereocenters. The van der Waals surface area contributed by atoms with Crippen LogP contribution in [0.5, 0.6) is 17.2 Å². The van der Waals surface area contributed by atoms with Crippen LogP contribution in [0, 0.1) is 11.6 Å². The van der Waals surface area contributed by atoms with Gasteiger partial charge in [0.2, 0.25) is 0 Å². The van der Waals surface area contributed by atoms with Crippen LogP contribution in [0.2, 0.25) is 0 Å². The maximum absolute atomic E-state index is 13.5. The molecule has 0 saturated carbocycles. The van der Waals surface area contributed by atoms with E-state index >= 15 is 0 Å². The third-order valence-electron chi connectivity index (χ3n) is 2.90. The summed E-state index contributed by atoms with van der Waals surface area (Å²) in [6, 6.07) is 6.24. The largest absolute Gasteiger partial charge is 0.486 e. The summed E-state index contributed by atoms with van der Waals surface area (Å²) in [6.45, 7) is 0.667. The zero-order chi connectivity index (χ0) is 15.7. The molecule has 2 aromatic rings. The van der Waals surface area contributed by atoms with Gasteiger partial charge in [0.1, 0.15) is 23.9 Å². The summed E-state index contributed by atoms with van der Waals surface area (Å²) in [4.78, 5) is -0.222. The zero-order valence-electron chi connectivity index (χ0n) is 11.1. The van der Waals surface area contributed by atoms with E-state index in [0.29, 0.717) is 25.0 Å². The smallest absolute Gasteiger partial charge is 0.339 e. The van der Waals surface area contributed by atoms with Crippen molar-refractivity contribution in [1.29, 1.82) is 0 Å². The van der Waals surface area contributed by atoms with E-state index in [4.69, 9.17) is 13.7 Å². The molecule has 0 N–H and O–H groups in total. The average Bonchev–Trinajstić information content (AvgIpc) is 2.49. The molecule has 0 amide bonds. The molecule has 0 unspecified atom stereocenters. The molecule has 1 heterocycles. The van der Waals surface area contributed by atoms with Crippen LogP contribution in [0.15, 0.2) is 41.3 Å². The van der Waals surface area contributed by atoms with Gasteiger partial charge in [0, 0.05) is 12.1 Å². The summed E-state index contributed by atoms with van der Waals surface area (Å²) in [5, 5.41) is 0. The number of fused-ring (bicyclic) bond motifs is 1. The first kappa shape index (κ1) is 14.6. The molecule has 8 heteroatoms. The van der Waals surface area contributed by atoms with Gasteiger partial charge in [0.05, 0.1) is 0 Å². The normalized spacial score (nSPS) is 13.7. The Labute approximate surface area is 125 Å². The Balaban J connectivity index is 1.92. The van der Waals surface area contributed by atoms with E-state index in [1.54, 1.807) is 0 Å². The van der Waals surface area contributed by atoms with Gasteiger partial charge < -0.3 is 13.7 Å². The zero-order valence-corrected chi connectivity index (χ0v) is 11.9. The topological polar surface area (TPSA) is 61.8 Å². The van der Waals surface area contributed by atoms with Crippen LogP contribution in [0.1, 0.15) is 0 Å². The first-order valence-electron chi connectivity index (χ1n) is 6.25. The van der Waals surface area contributed by atoms with Crippen LogP contribution >= 0.6 is 0 Å². The van der Waals surface area contributed by atoms with Crippen molar-refractivity contribution in [3.05, 3.63) is 48.0 Å². The maximum Gasteiger partial charge on any atom is 0.339 e. The Hall–Kier alpha value is -2.35. The van der Waals surface area contributed by atoms with Crippen LogP contribution < -0.4 is 13.7 Å². The molecular weight excluding hydrogens is 318 g/mol. The van der Waals surface area contributed by atoms with Crippen molar-refractivity contribution >= 4 is 10.1 Å². The summed E-state index contributed by atoms with van der Waals surface area (Å²) < 4.78 is 65.9. The lowest BCUT2D eigenvalue weighted by atomic mass is 10.3. The highest BCUT2D eigenvalue weighted by Crippen LogP contribution is 2.33. The van der Waals surface area contributed by atoms with Crippen molar-refractivity contribution in [3.63, 3.8) is 0 Å². The highest BCUT2D eigenvalue weighted by molar-refractivity contribution is 7.87. The number of hydrogen-bond acceptors (Lipinski definition) is 5. The molecule has 0 saturated heterocycles. The second-order valence-corrected chi connectivity index (χ2v) is 5.96. The van der Waals surface area contributed by atoms with Gasteiger partial charge in [-0.2, -0.15) is 8.42 Å². The highest BCUT2D eigenvalue weighted by Gasteiger charge is 2.22. The molecule has 22 heavy (non-hydrogen) atoms. The number of benzene rings is 2. The third kappa shape index (κ3) is 2.82. The second kappa shape index (κ2) is 5.45. The van der Waals surface area contributed by atoms with Gasteiger partial charge in [-0.15, -0.1) is 0 Å². The van der Waals surface area contributed by atoms with Crippen LogP contribution in [-0.2, 0) is 10.1 Å². The lowest BCUT2D eigenvalue weighted by molar-refractivity contribution is 0.171. The van der Waals surface area contributed by atoms with E-state index in [1.807, 2.05) is 0 Å². The lowest BCUT2D eigenvalue weighted by Gasteiger charge is -2.18. The Bertz CT molecular complexity index is 820. The van der Waals surface area contributed by atoms with Crippen LogP contribution in [0.3, 0.4) is 0 Å². The SMILES string of the molecule is O=S(=O)(Oc1ccc(F)cc1F)c1ccc2c(c1)OCCO2. The molecule has 0 aliphatic carbocycles. The number of halogens is 2. The summed E-state index contributed by atoms with van der Waals surface area (Å²) in [6.07, 6.45) is 0. The van der Waals surface area contributed by atoms with Gasteiger partial charge in [-0.1, -0.05) is 0 Å². The monoisotopic (exact) mass is 328 g/mol. The Morgan fingerprint density at radius 1 is 0.955 bits per heavy atom. The van der Waals surface area contributed by atoms with Crippen molar-refractivity contribution in [2.75, 3.05) is 13.2 Å². The Morgan fingerprint density at radius 3 is 2.41 bits per heavy atom. The number of ether oxygens (including phenoxy) is 2. The quantitative estimate of drug-likeness (QED) is 0.810. The number of rotatable bonds is 3. The van der Waals surface area contributed by atoms with Gasteiger partial charge in [0.15, 0.2) is 23.1 Å². The lowest BCUT2D eigenvalue weighted by Crippen LogP contribution is -2.16. The second-order valence-electron chi connectivity index (χ2n) is 4.42. The maximum atomic E-state index is 13.5. The third-order valence-corrected chi connectivity index (χ3v) is 4.13. The van der Waals surface area contributed by atoms with Crippen molar-refractivity contribution in [2.24, 2.45) is 0 Å². The Morgan fingerprint density at radius 2 is 1.68 bits per heavy atom. The minimum Gasteiger partial charge on any atom is -0.486 e. The van der Waals surface area contributed by atoms with Crippen molar-refractivity contribution in [1.82, 2.24) is 0 Å². The summed E-state index contributed by atoms with van der Waals surface area (Å²) in [5.41, 5.74) is 0. The van der Waals surface area contributed by atoms with E-state index < -0.39 is 27.5 Å². The fourth-order valence-corrected chi connectivity index (χ4v) is 2.84. The van der Waals surface area contributed by atoms with Gasteiger partial charge in [-0.3, -0.25) is 0 Å². The first-order valence-corrected chi connectivity index (χ1v) is 7.66. The van der Waals surface area contributed by atoms with Crippen molar-refractivity contribution < 1.29 is 30.9 Å². The first-order chi connectivity index (χ1) is 10.5. The molecule has 0 fully saturated rings. The van der Waals surface area contributed by atoms with Crippen LogP contribution in [0.4, 0.5) is 8.78 Å². The minimum atomic E-state index is -4.28.